The molecule has 0 fully saturated rings. The number of carbonyl (C=O) groups excluding carboxylic acids is 1. The molecule has 0 amide bonds. The van der Waals surface area contributed by atoms with Gasteiger partial charge in [0.15, 0.2) is 5.78 Å². The highest BCUT2D eigenvalue weighted by atomic mass is 16.1. The molecule has 0 spiro atoms. The number of ketones is 1. The molecule has 74 valence electrons. The Balaban J connectivity index is 2.35. The van der Waals surface area contributed by atoms with Gasteiger partial charge in [0.05, 0.1) is 5.69 Å². The predicted octanol–water partition coefficient (Wildman–Crippen LogP) is 2.84. The second kappa shape index (κ2) is 2.60. The summed E-state index contributed by atoms with van der Waals surface area (Å²) in [5.74, 6) is 0.146. The van der Waals surface area contributed by atoms with Gasteiger partial charge in [0.1, 0.15) is 0 Å². The number of fused-ring (bicyclic) bond motifs is 3. The second-order valence-electron chi connectivity index (χ2n) is 4.12. The summed E-state index contributed by atoms with van der Waals surface area (Å²) in [4.78, 5) is 15.3. The minimum Gasteiger partial charge on any atom is -0.358 e. The lowest BCUT2D eigenvalue weighted by molar-refractivity contribution is 0.104. The van der Waals surface area contributed by atoms with Crippen LogP contribution in [0.2, 0.25) is 0 Å². The third kappa shape index (κ3) is 1.02. The molecule has 2 nitrogen and oxygen atoms in total. The number of hydrogen-bond donors (Lipinski definition) is 1. The second-order valence-corrected chi connectivity index (χ2v) is 4.12. The maximum Gasteiger partial charge on any atom is 0.195 e. The summed E-state index contributed by atoms with van der Waals surface area (Å²) in [6.07, 6.45) is 0. The van der Waals surface area contributed by atoms with Crippen molar-refractivity contribution < 1.29 is 4.79 Å². The number of aromatic nitrogens is 1. The summed E-state index contributed by atoms with van der Waals surface area (Å²) >= 11 is 0. The Morgan fingerprint density at radius 1 is 1.00 bits per heavy atom. The summed E-state index contributed by atoms with van der Waals surface area (Å²) in [6.45, 7) is 3.98. The summed E-state index contributed by atoms with van der Waals surface area (Å²) in [7, 11) is 0. The minimum atomic E-state index is 0.146. The van der Waals surface area contributed by atoms with Gasteiger partial charge in [0.25, 0.3) is 0 Å². The number of benzene rings is 1. The Morgan fingerprint density at radius 2 is 1.80 bits per heavy atom. The third-order valence-corrected chi connectivity index (χ3v) is 2.89. The van der Waals surface area contributed by atoms with Crippen LogP contribution >= 0.6 is 0 Å². The zero-order valence-corrected chi connectivity index (χ0v) is 8.72. The van der Waals surface area contributed by atoms with E-state index in [0.29, 0.717) is 0 Å². The smallest absolute Gasteiger partial charge is 0.195 e. The molecular formula is C13H11NO. The van der Waals surface area contributed by atoms with Crippen LogP contribution < -0.4 is 0 Å². The van der Waals surface area contributed by atoms with E-state index in [1.54, 1.807) is 0 Å². The summed E-state index contributed by atoms with van der Waals surface area (Å²) < 4.78 is 0. The lowest BCUT2D eigenvalue weighted by Crippen LogP contribution is -1.94. The molecule has 3 rings (SSSR count). The van der Waals surface area contributed by atoms with Crippen molar-refractivity contribution in [2.24, 2.45) is 0 Å². The van der Waals surface area contributed by atoms with Gasteiger partial charge < -0.3 is 4.98 Å². The molecule has 0 saturated heterocycles. The van der Waals surface area contributed by atoms with Crippen molar-refractivity contribution in [1.29, 1.82) is 0 Å². The molecule has 0 unspecified atom stereocenters. The predicted molar refractivity (Wildman–Crippen MR) is 59.1 cm³/mol. The number of aromatic amines is 1. The first-order valence-electron chi connectivity index (χ1n) is 5.02. The number of hydrogen-bond acceptors (Lipinski definition) is 1. The van der Waals surface area contributed by atoms with Crippen LogP contribution in [0.4, 0.5) is 0 Å². The molecule has 1 aliphatic rings. The van der Waals surface area contributed by atoms with Crippen LogP contribution in [0.5, 0.6) is 0 Å². The normalized spacial score (nSPS) is 12.8. The van der Waals surface area contributed by atoms with E-state index >= 15 is 0 Å². The van der Waals surface area contributed by atoms with Crippen LogP contribution in [0.1, 0.15) is 27.2 Å². The van der Waals surface area contributed by atoms with Gasteiger partial charge >= 0.3 is 0 Å². The molecule has 0 bridgehead atoms. The quantitative estimate of drug-likeness (QED) is 0.590. The van der Waals surface area contributed by atoms with Crippen molar-refractivity contribution in [1.82, 2.24) is 4.98 Å². The van der Waals surface area contributed by atoms with Crippen molar-refractivity contribution in [2.45, 2.75) is 13.8 Å². The number of rotatable bonds is 0. The minimum absolute atomic E-state index is 0.146. The lowest BCUT2D eigenvalue weighted by Gasteiger charge is -1.99. The molecule has 1 N–H and O–H groups in total. The first-order valence-corrected chi connectivity index (χ1v) is 5.02. The van der Waals surface area contributed by atoms with Crippen molar-refractivity contribution in [3.8, 4) is 11.3 Å². The fourth-order valence-electron chi connectivity index (χ4n) is 2.19. The van der Waals surface area contributed by atoms with Crippen molar-refractivity contribution >= 4 is 5.78 Å². The van der Waals surface area contributed by atoms with E-state index in [1.807, 2.05) is 38.1 Å². The third-order valence-electron chi connectivity index (χ3n) is 2.89. The molecule has 2 aromatic rings. The SMILES string of the molecule is Cc1ccc2c(c1)C(=O)c1cc(C)[nH]c1-2. The topological polar surface area (TPSA) is 32.9 Å². The molecule has 1 aromatic heterocycles. The van der Waals surface area contributed by atoms with Crippen LogP contribution in [-0.4, -0.2) is 10.8 Å². The van der Waals surface area contributed by atoms with E-state index in [4.69, 9.17) is 0 Å². The summed E-state index contributed by atoms with van der Waals surface area (Å²) in [6, 6.07) is 7.94. The number of H-pyrrole nitrogens is 1. The van der Waals surface area contributed by atoms with Crippen LogP contribution in [0.15, 0.2) is 24.3 Å². The maximum atomic E-state index is 12.0. The van der Waals surface area contributed by atoms with Gasteiger partial charge in [0, 0.05) is 22.4 Å². The number of aryl methyl sites for hydroxylation is 2. The van der Waals surface area contributed by atoms with Crippen molar-refractivity contribution in [3.05, 3.63) is 46.6 Å². The van der Waals surface area contributed by atoms with E-state index in [9.17, 15) is 4.79 Å². The molecule has 1 aliphatic carbocycles. The van der Waals surface area contributed by atoms with Crippen LogP contribution in [-0.2, 0) is 0 Å². The van der Waals surface area contributed by atoms with Crippen LogP contribution in [0, 0.1) is 13.8 Å². The van der Waals surface area contributed by atoms with Crippen molar-refractivity contribution in [2.75, 3.05) is 0 Å². The Bertz CT molecular complexity index is 578. The molecule has 15 heavy (non-hydrogen) atoms. The van der Waals surface area contributed by atoms with E-state index in [2.05, 4.69) is 4.98 Å². The van der Waals surface area contributed by atoms with Crippen LogP contribution in [0.25, 0.3) is 11.3 Å². The Kier molecular flexibility index (Phi) is 1.47. The van der Waals surface area contributed by atoms with Gasteiger partial charge in [-0.1, -0.05) is 17.7 Å². The van der Waals surface area contributed by atoms with E-state index in [-0.39, 0.29) is 5.78 Å². The lowest BCUT2D eigenvalue weighted by atomic mass is 10.1. The van der Waals surface area contributed by atoms with Gasteiger partial charge in [-0.15, -0.1) is 0 Å². The molecule has 0 saturated carbocycles. The van der Waals surface area contributed by atoms with Gasteiger partial charge in [-0.2, -0.15) is 0 Å². The highest BCUT2D eigenvalue weighted by Gasteiger charge is 2.28. The van der Waals surface area contributed by atoms with Crippen LogP contribution in [0.3, 0.4) is 0 Å². The molecule has 0 radical (unpaired) electrons. The fraction of sp³-hybridized carbons (Fsp3) is 0.154. The fourth-order valence-corrected chi connectivity index (χ4v) is 2.19. The Labute approximate surface area is 87.9 Å². The first-order chi connectivity index (χ1) is 7.16. The molecule has 0 atom stereocenters. The summed E-state index contributed by atoms with van der Waals surface area (Å²) in [5.41, 5.74) is 5.83. The Hall–Kier alpha value is -1.83. The Morgan fingerprint density at radius 3 is 2.60 bits per heavy atom. The zero-order chi connectivity index (χ0) is 10.6. The first kappa shape index (κ1) is 8.48. The maximum absolute atomic E-state index is 12.0. The zero-order valence-electron chi connectivity index (χ0n) is 8.72. The number of carbonyl (C=O) groups is 1. The molecule has 2 heteroatoms. The average Bonchev–Trinajstić information content (AvgIpc) is 2.67. The number of nitrogens with one attached hydrogen (secondary N) is 1. The monoisotopic (exact) mass is 197 g/mol. The van der Waals surface area contributed by atoms with Gasteiger partial charge in [-0.25, -0.2) is 0 Å². The largest absolute Gasteiger partial charge is 0.358 e. The van der Waals surface area contributed by atoms with E-state index in [0.717, 1.165) is 33.6 Å². The molecule has 1 heterocycles. The standard InChI is InChI=1S/C13H11NO/c1-7-3-4-9-10(5-7)13(15)11-6-8(2)14-12(9)11/h3-6,14H,1-2H3. The highest BCUT2D eigenvalue weighted by molar-refractivity contribution is 6.21. The highest BCUT2D eigenvalue weighted by Crippen LogP contribution is 2.36. The average molecular weight is 197 g/mol. The van der Waals surface area contributed by atoms with Gasteiger partial charge in [-0.3, -0.25) is 4.79 Å². The summed E-state index contributed by atoms with van der Waals surface area (Å²) in [5, 5.41) is 0. The molecule has 1 aromatic carbocycles. The molecule has 0 aliphatic heterocycles. The van der Waals surface area contributed by atoms with E-state index in [1.165, 1.54) is 0 Å². The van der Waals surface area contributed by atoms with Gasteiger partial charge in [-0.05, 0) is 26.0 Å². The molecular weight excluding hydrogens is 186 g/mol. The van der Waals surface area contributed by atoms with E-state index < -0.39 is 0 Å². The van der Waals surface area contributed by atoms with Gasteiger partial charge in [0.2, 0.25) is 0 Å². The van der Waals surface area contributed by atoms with Crippen molar-refractivity contribution in [3.63, 3.8) is 0 Å².